The number of carbonyl (C=O) groups excluding carboxylic acids is 1. The molecule has 146 valence electrons. The number of aromatic nitrogens is 2. The first-order valence-corrected chi connectivity index (χ1v) is 10.9. The highest BCUT2D eigenvalue weighted by Crippen LogP contribution is 2.21. The average molecular weight is 387 g/mol. The third-order valence-corrected chi connectivity index (χ3v) is 5.87. The Morgan fingerprint density at radius 3 is 2.52 bits per heavy atom. The summed E-state index contributed by atoms with van der Waals surface area (Å²) in [7, 11) is 0. The molecule has 2 aromatic rings. The summed E-state index contributed by atoms with van der Waals surface area (Å²) < 4.78 is 4.51. The number of rotatable bonds is 9. The van der Waals surface area contributed by atoms with Crippen molar-refractivity contribution in [3.05, 3.63) is 41.7 Å². The zero-order valence-corrected chi connectivity index (χ0v) is 17.1. The first kappa shape index (κ1) is 19.8. The van der Waals surface area contributed by atoms with E-state index in [-0.39, 0.29) is 0 Å². The number of benzene rings is 1. The monoisotopic (exact) mass is 386 g/mol. The quantitative estimate of drug-likeness (QED) is 0.608. The van der Waals surface area contributed by atoms with Gasteiger partial charge < -0.3 is 9.80 Å². The molecule has 0 unspecified atom stereocenters. The Morgan fingerprint density at radius 2 is 1.78 bits per heavy atom. The predicted octanol–water partition coefficient (Wildman–Crippen LogP) is 4.14. The van der Waals surface area contributed by atoms with E-state index in [1.54, 1.807) is 0 Å². The van der Waals surface area contributed by atoms with Gasteiger partial charge >= 0.3 is 0 Å². The first-order valence-electron chi connectivity index (χ1n) is 10.2. The van der Waals surface area contributed by atoms with Crippen LogP contribution in [0.3, 0.4) is 0 Å². The molecule has 0 saturated carbocycles. The molecule has 0 aliphatic carbocycles. The highest BCUT2D eigenvalue weighted by Gasteiger charge is 2.23. The van der Waals surface area contributed by atoms with Gasteiger partial charge in [0.1, 0.15) is 5.82 Å². The Labute approximate surface area is 166 Å². The summed E-state index contributed by atoms with van der Waals surface area (Å²) in [6.45, 7) is 5.50. The molecule has 0 N–H and O–H groups in total. The van der Waals surface area contributed by atoms with Crippen molar-refractivity contribution in [3.8, 4) is 0 Å². The molecule has 5 nitrogen and oxygen atoms in total. The molecule has 2 heterocycles. The van der Waals surface area contributed by atoms with Crippen LogP contribution >= 0.6 is 11.5 Å². The summed E-state index contributed by atoms with van der Waals surface area (Å²) in [5.74, 6) is 1.19. The number of anilines is 1. The van der Waals surface area contributed by atoms with E-state index in [9.17, 15) is 4.79 Å². The van der Waals surface area contributed by atoms with Crippen molar-refractivity contribution < 1.29 is 4.79 Å². The van der Waals surface area contributed by atoms with Crippen molar-refractivity contribution in [2.24, 2.45) is 0 Å². The minimum Gasteiger partial charge on any atom is -0.343 e. The molecule has 27 heavy (non-hydrogen) atoms. The lowest BCUT2D eigenvalue weighted by Gasteiger charge is -2.34. The lowest BCUT2D eigenvalue weighted by Crippen LogP contribution is -2.48. The topological polar surface area (TPSA) is 49.3 Å². The van der Waals surface area contributed by atoms with Crippen LogP contribution < -0.4 is 4.90 Å². The van der Waals surface area contributed by atoms with E-state index in [1.165, 1.54) is 42.8 Å². The van der Waals surface area contributed by atoms with Crippen LogP contribution in [0.25, 0.3) is 0 Å². The number of hydrogen-bond acceptors (Lipinski definition) is 5. The van der Waals surface area contributed by atoms with E-state index in [1.807, 2.05) is 23.1 Å². The minimum atomic E-state index is 0.313. The van der Waals surface area contributed by atoms with Gasteiger partial charge in [-0.15, -0.1) is 0 Å². The van der Waals surface area contributed by atoms with Crippen molar-refractivity contribution in [3.63, 3.8) is 0 Å². The average Bonchev–Trinajstić information content (AvgIpc) is 3.17. The number of hydrogen-bond donors (Lipinski definition) is 0. The number of carbonyl (C=O) groups is 1. The molecule has 1 amide bonds. The maximum absolute atomic E-state index is 12.4. The fourth-order valence-electron chi connectivity index (χ4n) is 3.41. The Kier molecular flexibility index (Phi) is 7.63. The van der Waals surface area contributed by atoms with Gasteiger partial charge in [-0.3, -0.25) is 4.79 Å². The maximum Gasteiger partial charge on any atom is 0.222 e. The van der Waals surface area contributed by atoms with Crippen molar-refractivity contribution in [1.29, 1.82) is 0 Å². The summed E-state index contributed by atoms with van der Waals surface area (Å²) in [5.41, 5.74) is 1.23. The number of unbranched alkanes of at least 4 members (excludes halogenated alkanes) is 4. The second kappa shape index (κ2) is 10.4. The normalized spacial score (nSPS) is 14.6. The first-order chi connectivity index (χ1) is 13.3. The van der Waals surface area contributed by atoms with Crippen molar-refractivity contribution >= 4 is 22.6 Å². The van der Waals surface area contributed by atoms with E-state index < -0.39 is 0 Å². The fourth-order valence-corrected chi connectivity index (χ4v) is 4.15. The lowest BCUT2D eigenvalue weighted by molar-refractivity contribution is -0.131. The van der Waals surface area contributed by atoms with Gasteiger partial charge in [-0.1, -0.05) is 62.9 Å². The molecule has 1 aromatic heterocycles. The highest BCUT2D eigenvalue weighted by molar-refractivity contribution is 7.09. The molecule has 3 rings (SSSR count). The van der Waals surface area contributed by atoms with Gasteiger partial charge in [0.05, 0.1) is 0 Å². The fraction of sp³-hybridized carbons (Fsp3) is 0.571. The number of nitrogens with zero attached hydrogens (tertiary/aromatic N) is 4. The SMILES string of the molecule is CCCCCCCC(=O)N1CCN(c2nc(Cc3ccccc3)ns2)CC1. The van der Waals surface area contributed by atoms with Crippen molar-refractivity contribution in [2.45, 2.75) is 51.9 Å². The largest absolute Gasteiger partial charge is 0.343 e. The van der Waals surface area contributed by atoms with Crippen LogP contribution in [0.5, 0.6) is 0 Å². The van der Waals surface area contributed by atoms with Gasteiger partial charge in [0.15, 0.2) is 0 Å². The maximum atomic E-state index is 12.4. The second-order valence-corrected chi connectivity index (χ2v) is 7.92. The van der Waals surface area contributed by atoms with Gasteiger partial charge in [-0.25, -0.2) is 4.98 Å². The zero-order chi connectivity index (χ0) is 18.9. The van der Waals surface area contributed by atoms with Crippen molar-refractivity contribution in [2.75, 3.05) is 31.1 Å². The third kappa shape index (κ3) is 6.03. The molecule has 0 spiro atoms. The van der Waals surface area contributed by atoms with E-state index in [0.29, 0.717) is 12.3 Å². The summed E-state index contributed by atoms with van der Waals surface area (Å²) in [4.78, 5) is 21.3. The third-order valence-electron chi connectivity index (χ3n) is 5.06. The van der Waals surface area contributed by atoms with Gasteiger partial charge in [-0.05, 0) is 12.0 Å². The van der Waals surface area contributed by atoms with Crippen molar-refractivity contribution in [1.82, 2.24) is 14.3 Å². The van der Waals surface area contributed by atoms with Gasteiger partial charge in [0.25, 0.3) is 0 Å². The van der Waals surface area contributed by atoms with Crippen LogP contribution in [0.4, 0.5) is 5.13 Å². The summed E-state index contributed by atoms with van der Waals surface area (Å²) in [5, 5.41) is 0.979. The van der Waals surface area contributed by atoms with Gasteiger partial charge in [0.2, 0.25) is 11.0 Å². The van der Waals surface area contributed by atoms with E-state index in [0.717, 1.165) is 50.0 Å². The van der Waals surface area contributed by atoms with E-state index >= 15 is 0 Å². The smallest absolute Gasteiger partial charge is 0.222 e. The molecular formula is C21H30N4OS. The molecule has 6 heteroatoms. The van der Waals surface area contributed by atoms with E-state index in [4.69, 9.17) is 4.98 Å². The van der Waals surface area contributed by atoms with Crippen LogP contribution in [-0.4, -0.2) is 46.3 Å². The Hall–Kier alpha value is -1.95. The minimum absolute atomic E-state index is 0.313. The van der Waals surface area contributed by atoms with Crippen LogP contribution in [0, 0.1) is 0 Å². The summed E-state index contributed by atoms with van der Waals surface area (Å²) >= 11 is 1.47. The van der Waals surface area contributed by atoms with Gasteiger partial charge in [-0.2, -0.15) is 4.37 Å². The molecule has 0 bridgehead atoms. The van der Waals surface area contributed by atoms with Crippen LogP contribution in [-0.2, 0) is 11.2 Å². The Bertz CT molecular complexity index is 695. The lowest BCUT2D eigenvalue weighted by atomic mass is 10.1. The standard InChI is InChI=1S/C21H30N4OS/c1-2-3-4-5-9-12-20(26)24-13-15-25(16-14-24)21-22-19(23-27-21)17-18-10-7-6-8-11-18/h6-8,10-11H,2-5,9,12-17H2,1H3. The molecule has 1 aromatic carbocycles. The highest BCUT2D eigenvalue weighted by atomic mass is 32.1. The van der Waals surface area contributed by atoms with E-state index in [2.05, 4.69) is 28.3 Å². The molecule has 0 atom stereocenters. The Balaban J connectivity index is 1.42. The second-order valence-electron chi connectivity index (χ2n) is 7.19. The van der Waals surface area contributed by atoms with Gasteiger partial charge in [0, 0.05) is 50.6 Å². The summed E-state index contributed by atoms with van der Waals surface area (Å²) in [6, 6.07) is 10.3. The van der Waals surface area contributed by atoms with Crippen LogP contribution in [0.2, 0.25) is 0 Å². The summed E-state index contributed by atoms with van der Waals surface area (Å²) in [6.07, 6.45) is 7.44. The zero-order valence-electron chi connectivity index (χ0n) is 16.3. The number of piperazine rings is 1. The van der Waals surface area contributed by atoms with Crippen LogP contribution in [0.1, 0.15) is 56.8 Å². The van der Waals surface area contributed by atoms with Crippen LogP contribution in [0.15, 0.2) is 30.3 Å². The molecule has 1 saturated heterocycles. The molecular weight excluding hydrogens is 356 g/mol. The molecule has 1 aliphatic rings. The molecule has 1 fully saturated rings. The molecule has 1 aliphatic heterocycles. The predicted molar refractivity (Wildman–Crippen MR) is 111 cm³/mol. The number of amides is 1. The Morgan fingerprint density at radius 1 is 1.04 bits per heavy atom. The molecule has 0 radical (unpaired) electrons.